The van der Waals surface area contributed by atoms with Crippen LogP contribution in [0.4, 0.5) is 17.3 Å². The number of anilines is 3. The third kappa shape index (κ3) is 4.88. The van der Waals surface area contributed by atoms with Crippen molar-refractivity contribution < 1.29 is 14.5 Å². The number of H-pyrrole nitrogens is 2. The summed E-state index contributed by atoms with van der Waals surface area (Å²) in [5, 5.41) is 3.32. The van der Waals surface area contributed by atoms with Gasteiger partial charge in [-0.15, -0.1) is 0 Å². The summed E-state index contributed by atoms with van der Waals surface area (Å²) in [5.74, 6) is 1.23. The number of pyridine rings is 1. The molecule has 1 saturated heterocycles. The van der Waals surface area contributed by atoms with Gasteiger partial charge in [0.15, 0.2) is 11.8 Å². The fourth-order valence-electron chi connectivity index (χ4n) is 3.78. The Morgan fingerprint density at radius 2 is 1.97 bits per heavy atom. The zero-order valence-corrected chi connectivity index (χ0v) is 18.7. The Morgan fingerprint density at radius 3 is 2.73 bits per heavy atom. The lowest BCUT2D eigenvalue weighted by Gasteiger charge is -2.28. The first-order valence-corrected chi connectivity index (χ1v) is 11.4. The van der Waals surface area contributed by atoms with Crippen LogP contribution >= 0.6 is 0 Å². The van der Waals surface area contributed by atoms with Gasteiger partial charge in [0.2, 0.25) is 5.95 Å². The van der Waals surface area contributed by atoms with Crippen molar-refractivity contribution in [2.24, 2.45) is 0 Å². The molecule has 0 unspecified atom stereocenters. The maximum atomic E-state index is 5.73. The third-order valence-electron chi connectivity index (χ3n) is 5.60. The SMILES string of the molecule is CCCCOc1ccc(-c2nc(Nc3ccc(N4CCOCC4)cc3)nc3nc[nH]c23)c[nH+]1. The maximum absolute atomic E-state index is 5.73. The van der Waals surface area contributed by atoms with E-state index in [1.54, 1.807) is 6.33 Å². The highest BCUT2D eigenvalue weighted by Crippen LogP contribution is 2.27. The smallest absolute Gasteiger partial charge is 0.366 e. The van der Waals surface area contributed by atoms with Crippen LogP contribution in [-0.4, -0.2) is 52.8 Å². The zero-order valence-electron chi connectivity index (χ0n) is 18.7. The van der Waals surface area contributed by atoms with Gasteiger partial charge in [-0.25, -0.2) is 9.97 Å². The van der Waals surface area contributed by atoms with Gasteiger partial charge in [0, 0.05) is 24.5 Å². The molecule has 1 fully saturated rings. The normalized spacial score (nSPS) is 13.9. The van der Waals surface area contributed by atoms with E-state index >= 15 is 0 Å². The van der Waals surface area contributed by atoms with Crippen LogP contribution in [0, 0.1) is 0 Å². The number of fused-ring (bicyclic) bond motifs is 1. The Labute approximate surface area is 192 Å². The van der Waals surface area contributed by atoms with E-state index in [-0.39, 0.29) is 0 Å². The maximum Gasteiger partial charge on any atom is 0.366 e. The predicted molar refractivity (Wildman–Crippen MR) is 127 cm³/mol. The molecular formula is C24H28N7O2+. The Balaban J connectivity index is 1.36. The van der Waals surface area contributed by atoms with Gasteiger partial charge < -0.3 is 24.7 Å². The molecule has 170 valence electrons. The number of aromatic amines is 2. The average molecular weight is 447 g/mol. The van der Waals surface area contributed by atoms with Crippen LogP contribution in [0.15, 0.2) is 48.9 Å². The van der Waals surface area contributed by atoms with Crippen LogP contribution < -0.4 is 19.9 Å². The highest BCUT2D eigenvalue weighted by Gasteiger charge is 2.15. The van der Waals surface area contributed by atoms with Crippen molar-refractivity contribution in [1.82, 2.24) is 19.9 Å². The fourth-order valence-corrected chi connectivity index (χ4v) is 3.78. The molecule has 3 N–H and O–H groups in total. The van der Waals surface area contributed by atoms with Gasteiger partial charge in [-0.05, 0) is 36.8 Å². The van der Waals surface area contributed by atoms with E-state index < -0.39 is 0 Å². The summed E-state index contributed by atoms with van der Waals surface area (Å²) in [7, 11) is 0. The second kappa shape index (κ2) is 9.83. The predicted octanol–water partition coefficient (Wildman–Crippen LogP) is 3.59. The number of benzene rings is 1. The molecule has 1 aliphatic rings. The number of hydrogen-bond donors (Lipinski definition) is 2. The minimum Gasteiger partial charge on any atom is -0.444 e. The van der Waals surface area contributed by atoms with Crippen LogP contribution in [0.3, 0.4) is 0 Å². The van der Waals surface area contributed by atoms with Crippen molar-refractivity contribution >= 4 is 28.5 Å². The number of ether oxygens (including phenoxy) is 2. The summed E-state index contributed by atoms with van der Waals surface area (Å²) < 4.78 is 11.2. The van der Waals surface area contributed by atoms with E-state index in [4.69, 9.17) is 14.5 Å². The van der Waals surface area contributed by atoms with Gasteiger partial charge in [0.25, 0.3) is 0 Å². The molecule has 9 heteroatoms. The summed E-state index contributed by atoms with van der Waals surface area (Å²) in [6.07, 6.45) is 5.65. The van der Waals surface area contributed by atoms with Crippen LogP contribution in [0.1, 0.15) is 19.8 Å². The molecule has 33 heavy (non-hydrogen) atoms. The first-order chi connectivity index (χ1) is 16.3. The van der Waals surface area contributed by atoms with Crippen molar-refractivity contribution in [2.75, 3.05) is 43.1 Å². The molecule has 5 rings (SSSR count). The van der Waals surface area contributed by atoms with Crippen LogP contribution in [0.25, 0.3) is 22.4 Å². The van der Waals surface area contributed by atoms with Gasteiger partial charge in [-0.2, -0.15) is 9.97 Å². The van der Waals surface area contributed by atoms with Crippen LogP contribution in [0.5, 0.6) is 5.88 Å². The highest BCUT2D eigenvalue weighted by molar-refractivity contribution is 5.87. The quantitative estimate of drug-likeness (QED) is 0.399. The van der Waals surface area contributed by atoms with E-state index in [1.807, 2.05) is 30.5 Å². The van der Waals surface area contributed by atoms with E-state index in [0.29, 0.717) is 18.2 Å². The Bertz CT molecular complexity index is 1190. The molecule has 0 bridgehead atoms. The molecule has 0 saturated carbocycles. The molecule has 0 amide bonds. The first-order valence-electron chi connectivity index (χ1n) is 11.4. The van der Waals surface area contributed by atoms with Gasteiger partial charge in [0.1, 0.15) is 11.2 Å². The summed E-state index contributed by atoms with van der Waals surface area (Å²) in [6, 6.07) is 12.2. The Morgan fingerprint density at radius 1 is 1.12 bits per heavy atom. The molecule has 0 aliphatic carbocycles. The standard InChI is InChI=1S/C24H27N7O2/c1-2-3-12-33-20-9-4-17(15-25-20)21-22-23(27-16-26-22)30-24(29-21)28-18-5-7-19(8-6-18)31-10-13-32-14-11-31/h4-9,15-16H,2-3,10-14H2,1H3,(H2,26,27,28,29,30)/p+1. The Hall–Kier alpha value is -3.72. The molecule has 3 aromatic heterocycles. The number of hydrogen-bond acceptors (Lipinski definition) is 7. The number of morpholine rings is 1. The van der Waals surface area contributed by atoms with Gasteiger partial charge in [0.05, 0.1) is 37.8 Å². The topological polar surface area (TPSA) is 102 Å². The molecule has 1 aromatic carbocycles. The third-order valence-corrected chi connectivity index (χ3v) is 5.60. The number of imidazole rings is 1. The van der Waals surface area contributed by atoms with Crippen molar-refractivity contribution in [3.8, 4) is 17.1 Å². The average Bonchev–Trinajstić information content (AvgIpc) is 3.34. The van der Waals surface area contributed by atoms with Gasteiger partial charge >= 0.3 is 5.88 Å². The number of rotatable bonds is 8. The molecule has 0 spiro atoms. The largest absolute Gasteiger partial charge is 0.444 e. The van der Waals surface area contributed by atoms with E-state index in [9.17, 15) is 0 Å². The number of aromatic nitrogens is 5. The molecule has 9 nitrogen and oxygen atoms in total. The van der Waals surface area contributed by atoms with Gasteiger partial charge in [-0.1, -0.05) is 13.3 Å². The lowest BCUT2D eigenvalue weighted by atomic mass is 10.2. The summed E-state index contributed by atoms with van der Waals surface area (Å²) in [4.78, 5) is 22.4. The van der Waals surface area contributed by atoms with Crippen LogP contribution in [-0.2, 0) is 4.74 Å². The van der Waals surface area contributed by atoms with Crippen LogP contribution in [0.2, 0.25) is 0 Å². The Kier molecular flexibility index (Phi) is 6.30. The molecule has 4 heterocycles. The zero-order chi connectivity index (χ0) is 22.5. The minimum absolute atomic E-state index is 0.493. The summed E-state index contributed by atoms with van der Waals surface area (Å²) in [6.45, 7) is 6.20. The van der Waals surface area contributed by atoms with E-state index in [1.165, 1.54) is 5.69 Å². The minimum atomic E-state index is 0.493. The molecule has 4 aromatic rings. The number of nitrogens with zero attached hydrogens (tertiary/aromatic N) is 4. The lowest BCUT2D eigenvalue weighted by Crippen LogP contribution is -2.36. The lowest BCUT2D eigenvalue weighted by molar-refractivity contribution is -0.393. The number of nitrogens with one attached hydrogen (secondary N) is 3. The highest BCUT2D eigenvalue weighted by atomic mass is 16.5. The molecular weight excluding hydrogens is 418 g/mol. The van der Waals surface area contributed by atoms with Gasteiger partial charge in [-0.3, -0.25) is 0 Å². The van der Waals surface area contributed by atoms with E-state index in [2.05, 4.69) is 49.2 Å². The molecule has 0 radical (unpaired) electrons. The monoisotopic (exact) mass is 446 g/mol. The van der Waals surface area contributed by atoms with Crippen molar-refractivity contribution in [3.05, 3.63) is 48.9 Å². The van der Waals surface area contributed by atoms with Crippen molar-refractivity contribution in [1.29, 1.82) is 0 Å². The summed E-state index contributed by atoms with van der Waals surface area (Å²) >= 11 is 0. The second-order valence-corrected chi connectivity index (χ2v) is 7.91. The van der Waals surface area contributed by atoms with Crippen molar-refractivity contribution in [3.63, 3.8) is 0 Å². The second-order valence-electron chi connectivity index (χ2n) is 7.91. The first kappa shape index (κ1) is 21.1. The molecule has 0 atom stereocenters. The molecule has 1 aliphatic heterocycles. The van der Waals surface area contributed by atoms with E-state index in [0.717, 1.165) is 67.5 Å². The fraction of sp³-hybridized carbons (Fsp3) is 0.333. The number of unbranched alkanes of at least 4 members (excludes halogenated alkanes) is 1. The van der Waals surface area contributed by atoms with Crippen molar-refractivity contribution in [2.45, 2.75) is 19.8 Å². The summed E-state index contributed by atoms with van der Waals surface area (Å²) in [5.41, 5.74) is 5.18.